The van der Waals surface area contributed by atoms with Gasteiger partial charge in [0.2, 0.25) is 5.91 Å². The van der Waals surface area contributed by atoms with Gasteiger partial charge >= 0.3 is 0 Å². The molecule has 0 fully saturated rings. The number of rotatable bonds is 9. The molecule has 1 aromatic heterocycles. The van der Waals surface area contributed by atoms with Crippen molar-refractivity contribution in [2.45, 2.75) is 26.3 Å². The van der Waals surface area contributed by atoms with Crippen LogP contribution in [0.5, 0.6) is 0 Å². The van der Waals surface area contributed by atoms with Crippen LogP contribution in [-0.4, -0.2) is 29.0 Å². The highest BCUT2D eigenvalue weighted by molar-refractivity contribution is 6.31. The van der Waals surface area contributed by atoms with Gasteiger partial charge in [0.15, 0.2) is 5.82 Å². The van der Waals surface area contributed by atoms with E-state index in [0.29, 0.717) is 30.4 Å². The van der Waals surface area contributed by atoms with Crippen LogP contribution in [0.2, 0.25) is 5.02 Å². The van der Waals surface area contributed by atoms with Gasteiger partial charge in [-0.05, 0) is 30.2 Å². The Bertz CT molecular complexity index is 1210. The van der Waals surface area contributed by atoms with Gasteiger partial charge in [0, 0.05) is 42.0 Å². The van der Waals surface area contributed by atoms with Gasteiger partial charge in [0.05, 0.1) is 5.52 Å². The molecule has 33 heavy (non-hydrogen) atoms. The highest BCUT2D eigenvalue weighted by atomic mass is 35.5. The van der Waals surface area contributed by atoms with Crippen LogP contribution in [0.1, 0.15) is 25.3 Å². The number of hydrogen-bond acceptors (Lipinski definition) is 4. The molecule has 1 N–H and O–H groups in total. The number of hydrogen-bond donors (Lipinski definition) is 1. The molecule has 0 saturated carbocycles. The molecule has 3 aromatic carbocycles. The minimum Gasteiger partial charge on any atom is -0.355 e. The second-order valence-corrected chi connectivity index (χ2v) is 8.33. The quantitative estimate of drug-likeness (QED) is 0.340. The fourth-order valence-electron chi connectivity index (χ4n) is 3.76. The monoisotopic (exact) mass is 458 g/mol. The van der Waals surface area contributed by atoms with Crippen LogP contribution < -0.4 is 10.2 Å². The maximum Gasteiger partial charge on any atom is 0.222 e. The summed E-state index contributed by atoms with van der Waals surface area (Å²) in [6.07, 6.45) is 1.32. The molecule has 0 bridgehead atoms. The lowest BCUT2D eigenvalue weighted by molar-refractivity contribution is -0.121. The van der Waals surface area contributed by atoms with Crippen LogP contribution in [-0.2, 0) is 11.3 Å². The Labute approximate surface area is 199 Å². The molecule has 5 nitrogen and oxygen atoms in total. The first kappa shape index (κ1) is 22.7. The molecular formula is C27H27ClN4O. The summed E-state index contributed by atoms with van der Waals surface area (Å²) in [6, 6.07) is 25.5. The van der Waals surface area contributed by atoms with Crippen molar-refractivity contribution in [1.29, 1.82) is 0 Å². The molecule has 0 unspecified atom stereocenters. The van der Waals surface area contributed by atoms with Gasteiger partial charge in [-0.2, -0.15) is 0 Å². The lowest BCUT2D eigenvalue weighted by atomic mass is 10.1. The normalized spacial score (nSPS) is 10.8. The van der Waals surface area contributed by atoms with Gasteiger partial charge in [-0.1, -0.05) is 79.2 Å². The van der Waals surface area contributed by atoms with Crippen LogP contribution in [0, 0.1) is 0 Å². The number of aromatic nitrogens is 2. The van der Waals surface area contributed by atoms with Crippen LogP contribution in [0.15, 0.2) is 78.9 Å². The predicted molar refractivity (Wildman–Crippen MR) is 135 cm³/mol. The molecule has 4 aromatic rings. The number of carbonyl (C=O) groups excluding carboxylic acids is 1. The van der Waals surface area contributed by atoms with Crippen molar-refractivity contribution in [3.8, 4) is 11.4 Å². The highest BCUT2D eigenvalue weighted by Gasteiger charge is 2.17. The number of amides is 1. The molecule has 168 valence electrons. The van der Waals surface area contributed by atoms with Crippen molar-refractivity contribution in [3.05, 3.63) is 89.4 Å². The third kappa shape index (κ3) is 5.88. The smallest absolute Gasteiger partial charge is 0.222 e. The first-order valence-electron chi connectivity index (χ1n) is 11.2. The van der Waals surface area contributed by atoms with Gasteiger partial charge in [-0.25, -0.2) is 9.97 Å². The van der Waals surface area contributed by atoms with E-state index in [-0.39, 0.29) is 5.91 Å². The molecule has 0 atom stereocenters. The van der Waals surface area contributed by atoms with E-state index >= 15 is 0 Å². The Balaban J connectivity index is 1.58. The molecule has 1 amide bonds. The summed E-state index contributed by atoms with van der Waals surface area (Å²) in [5, 5.41) is 4.57. The topological polar surface area (TPSA) is 58.1 Å². The number of fused-ring (bicyclic) bond motifs is 1. The maximum absolute atomic E-state index is 12.6. The lowest BCUT2D eigenvalue weighted by Crippen LogP contribution is -2.32. The molecule has 6 heteroatoms. The van der Waals surface area contributed by atoms with Crippen LogP contribution in [0.25, 0.3) is 22.3 Å². The molecule has 0 aliphatic rings. The first-order valence-corrected chi connectivity index (χ1v) is 11.6. The zero-order valence-electron chi connectivity index (χ0n) is 18.7. The second kappa shape index (κ2) is 10.9. The number of carbonyl (C=O) groups is 1. The minimum atomic E-state index is 0.0182. The Morgan fingerprint density at radius 2 is 1.67 bits per heavy atom. The lowest BCUT2D eigenvalue weighted by Gasteiger charge is -2.25. The number of nitrogens with one attached hydrogen (secondary N) is 1. The van der Waals surface area contributed by atoms with E-state index < -0.39 is 0 Å². The van der Waals surface area contributed by atoms with Gasteiger partial charge in [0.25, 0.3) is 0 Å². The summed E-state index contributed by atoms with van der Waals surface area (Å²) in [4.78, 5) is 24.4. The van der Waals surface area contributed by atoms with E-state index in [1.54, 1.807) is 0 Å². The summed E-state index contributed by atoms with van der Waals surface area (Å²) in [6.45, 7) is 4.01. The number of halogens is 1. The Morgan fingerprint density at radius 1 is 0.939 bits per heavy atom. The first-order chi connectivity index (χ1) is 16.1. The fourth-order valence-corrected chi connectivity index (χ4v) is 3.92. The number of benzene rings is 3. The van der Waals surface area contributed by atoms with E-state index in [1.807, 2.05) is 78.9 Å². The second-order valence-electron chi connectivity index (χ2n) is 7.90. The zero-order chi connectivity index (χ0) is 23.0. The van der Waals surface area contributed by atoms with Crippen LogP contribution >= 0.6 is 11.6 Å². The Hall–Kier alpha value is -3.44. The molecular weight excluding hydrogens is 432 g/mol. The van der Waals surface area contributed by atoms with Crippen molar-refractivity contribution in [2.24, 2.45) is 0 Å². The summed E-state index contributed by atoms with van der Waals surface area (Å²) < 4.78 is 0. The van der Waals surface area contributed by atoms with Crippen molar-refractivity contribution < 1.29 is 4.79 Å². The fraction of sp³-hybridized carbons (Fsp3) is 0.222. The van der Waals surface area contributed by atoms with Crippen LogP contribution in [0.4, 0.5) is 5.82 Å². The van der Waals surface area contributed by atoms with Crippen molar-refractivity contribution in [1.82, 2.24) is 15.3 Å². The van der Waals surface area contributed by atoms with E-state index in [1.165, 1.54) is 0 Å². The van der Waals surface area contributed by atoms with Crippen molar-refractivity contribution in [3.63, 3.8) is 0 Å². The van der Waals surface area contributed by atoms with E-state index in [0.717, 1.165) is 40.8 Å². The molecule has 0 aliphatic heterocycles. The van der Waals surface area contributed by atoms with Crippen molar-refractivity contribution >= 4 is 34.2 Å². The largest absolute Gasteiger partial charge is 0.355 e. The van der Waals surface area contributed by atoms with Crippen LogP contribution in [0.3, 0.4) is 0 Å². The Morgan fingerprint density at radius 3 is 2.39 bits per heavy atom. The minimum absolute atomic E-state index is 0.0182. The van der Waals surface area contributed by atoms with Gasteiger partial charge in [-0.3, -0.25) is 4.79 Å². The third-order valence-electron chi connectivity index (χ3n) is 5.41. The summed E-state index contributed by atoms with van der Waals surface area (Å²) in [7, 11) is 0. The van der Waals surface area contributed by atoms with Gasteiger partial charge in [0.1, 0.15) is 5.82 Å². The predicted octanol–water partition coefficient (Wildman–Crippen LogP) is 5.87. The molecule has 0 aliphatic carbocycles. The van der Waals surface area contributed by atoms with E-state index in [2.05, 4.69) is 17.1 Å². The zero-order valence-corrected chi connectivity index (χ0v) is 19.4. The molecule has 0 spiro atoms. The average Bonchev–Trinajstić information content (AvgIpc) is 2.85. The average molecular weight is 459 g/mol. The molecule has 0 saturated heterocycles. The molecule has 0 radical (unpaired) electrons. The number of anilines is 1. The summed E-state index contributed by atoms with van der Waals surface area (Å²) >= 11 is 6.27. The van der Waals surface area contributed by atoms with Gasteiger partial charge in [-0.15, -0.1) is 0 Å². The molecule has 4 rings (SSSR count). The molecule has 1 heterocycles. The maximum atomic E-state index is 12.6. The Kier molecular flexibility index (Phi) is 7.53. The van der Waals surface area contributed by atoms with E-state index in [9.17, 15) is 4.79 Å². The summed E-state index contributed by atoms with van der Waals surface area (Å²) in [5.41, 5.74) is 2.82. The highest BCUT2D eigenvalue weighted by Crippen LogP contribution is 2.29. The third-order valence-corrected chi connectivity index (χ3v) is 5.64. The summed E-state index contributed by atoms with van der Waals surface area (Å²) in [5.74, 6) is 1.49. The SMILES string of the molecule is CCCN(CCC(=O)NCc1ccccc1)c1nc(-c2ccccc2)nc2cc(Cl)ccc12. The van der Waals surface area contributed by atoms with Crippen molar-refractivity contribution in [2.75, 3.05) is 18.0 Å². The number of nitrogens with zero attached hydrogens (tertiary/aromatic N) is 3. The standard InChI is InChI=1S/C27H27ClN4O/c1-2-16-32(17-15-25(33)29-19-20-9-5-3-6-10-20)27-23-14-13-22(28)18-24(23)30-26(31-27)21-11-7-4-8-12-21/h3-14,18H,2,15-17,19H2,1H3,(H,29,33). The van der Waals surface area contributed by atoms with E-state index in [4.69, 9.17) is 21.6 Å². The van der Waals surface area contributed by atoms with Gasteiger partial charge < -0.3 is 10.2 Å².